The van der Waals surface area contributed by atoms with E-state index in [9.17, 15) is 4.79 Å². The molecule has 0 aliphatic rings. The van der Waals surface area contributed by atoms with Gasteiger partial charge in [0.15, 0.2) is 0 Å². The lowest BCUT2D eigenvalue weighted by Crippen LogP contribution is -2.05. The van der Waals surface area contributed by atoms with E-state index in [-0.39, 0.29) is 5.97 Å². The molecule has 3 nitrogen and oxygen atoms in total. The Bertz CT molecular complexity index is 363. The van der Waals surface area contributed by atoms with Gasteiger partial charge in [0.25, 0.3) is 0 Å². The number of methoxy groups -OCH3 is 2. The first-order chi connectivity index (χ1) is 6.60. The normalized spacial score (nSPS) is 9.71. The van der Waals surface area contributed by atoms with Crippen molar-refractivity contribution in [1.82, 2.24) is 0 Å². The van der Waals surface area contributed by atoms with Crippen molar-refractivity contribution >= 4 is 51.2 Å². The van der Waals surface area contributed by atoms with E-state index in [0.29, 0.717) is 11.3 Å². The maximum absolute atomic E-state index is 11.4. The fraction of sp³-hybridized carbons (Fsp3) is 0.222. The SMILES string of the molecule is COC(=O)c1cc(OC)cc(I)c1I. The molecular formula is C9H8I2O3. The highest BCUT2D eigenvalue weighted by atomic mass is 127. The quantitative estimate of drug-likeness (QED) is 0.548. The second-order valence-corrected chi connectivity index (χ2v) is 4.70. The molecule has 1 rings (SSSR count). The van der Waals surface area contributed by atoms with E-state index in [1.54, 1.807) is 13.2 Å². The van der Waals surface area contributed by atoms with Gasteiger partial charge in [-0.3, -0.25) is 0 Å². The summed E-state index contributed by atoms with van der Waals surface area (Å²) in [6, 6.07) is 3.55. The molecule has 14 heavy (non-hydrogen) atoms. The first-order valence-electron chi connectivity index (χ1n) is 3.71. The summed E-state index contributed by atoms with van der Waals surface area (Å²) >= 11 is 4.27. The van der Waals surface area contributed by atoms with Gasteiger partial charge in [0.05, 0.1) is 19.8 Å². The molecule has 0 saturated heterocycles. The minimum absolute atomic E-state index is 0.341. The van der Waals surface area contributed by atoms with Gasteiger partial charge < -0.3 is 9.47 Å². The second-order valence-electron chi connectivity index (χ2n) is 2.46. The summed E-state index contributed by atoms with van der Waals surface area (Å²) in [5, 5.41) is 0. The average Bonchev–Trinajstić information content (AvgIpc) is 2.20. The molecule has 0 unspecified atom stereocenters. The highest BCUT2D eigenvalue weighted by Crippen LogP contribution is 2.25. The van der Waals surface area contributed by atoms with E-state index in [4.69, 9.17) is 4.74 Å². The van der Waals surface area contributed by atoms with Gasteiger partial charge in [-0.1, -0.05) is 0 Å². The van der Waals surface area contributed by atoms with Crippen LogP contribution in [0.4, 0.5) is 0 Å². The van der Waals surface area contributed by atoms with Crippen molar-refractivity contribution in [2.45, 2.75) is 0 Å². The number of benzene rings is 1. The van der Waals surface area contributed by atoms with Gasteiger partial charge >= 0.3 is 5.97 Å². The van der Waals surface area contributed by atoms with Crippen LogP contribution in [0, 0.1) is 7.14 Å². The van der Waals surface area contributed by atoms with Gasteiger partial charge in [0.1, 0.15) is 5.75 Å². The monoisotopic (exact) mass is 418 g/mol. The maximum atomic E-state index is 11.4. The summed E-state index contributed by atoms with van der Waals surface area (Å²) in [7, 11) is 2.93. The van der Waals surface area contributed by atoms with Crippen molar-refractivity contribution in [3.8, 4) is 5.75 Å². The van der Waals surface area contributed by atoms with E-state index < -0.39 is 0 Å². The van der Waals surface area contributed by atoms with Gasteiger partial charge in [-0.15, -0.1) is 0 Å². The van der Waals surface area contributed by atoms with Crippen LogP contribution in [0.25, 0.3) is 0 Å². The topological polar surface area (TPSA) is 35.5 Å². The molecule has 0 atom stereocenters. The summed E-state index contributed by atoms with van der Waals surface area (Å²) in [6.07, 6.45) is 0. The minimum Gasteiger partial charge on any atom is -0.497 e. The molecule has 0 N–H and O–H groups in total. The van der Waals surface area contributed by atoms with Crippen LogP contribution in [0.5, 0.6) is 5.75 Å². The first-order valence-corrected chi connectivity index (χ1v) is 5.87. The fourth-order valence-electron chi connectivity index (χ4n) is 0.941. The van der Waals surface area contributed by atoms with Crippen LogP contribution in [0.2, 0.25) is 0 Å². The van der Waals surface area contributed by atoms with Gasteiger partial charge in [-0.05, 0) is 57.3 Å². The lowest BCUT2D eigenvalue weighted by Gasteiger charge is -2.07. The van der Waals surface area contributed by atoms with Crippen molar-refractivity contribution < 1.29 is 14.3 Å². The third-order valence-corrected chi connectivity index (χ3v) is 4.69. The third-order valence-electron chi connectivity index (χ3n) is 1.64. The summed E-state index contributed by atoms with van der Waals surface area (Å²) in [4.78, 5) is 11.4. The molecule has 1 aromatic carbocycles. The number of ether oxygens (including phenoxy) is 2. The lowest BCUT2D eigenvalue weighted by atomic mass is 10.2. The maximum Gasteiger partial charge on any atom is 0.339 e. The molecule has 5 heteroatoms. The van der Waals surface area contributed by atoms with Crippen molar-refractivity contribution in [3.63, 3.8) is 0 Å². The summed E-state index contributed by atoms with van der Waals surface area (Å²) in [5.74, 6) is 0.321. The van der Waals surface area contributed by atoms with Crippen molar-refractivity contribution in [2.24, 2.45) is 0 Å². The number of halogens is 2. The molecule has 0 aliphatic heterocycles. The highest BCUT2D eigenvalue weighted by molar-refractivity contribution is 14.1. The van der Waals surface area contributed by atoms with Gasteiger partial charge in [0, 0.05) is 7.14 Å². The molecule has 76 valence electrons. The zero-order chi connectivity index (χ0) is 10.7. The number of carbonyl (C=O) groups excluding carboxylic acids is 1. The number of esters is 1. The van der Waals surface area contributed by atoms with E-state index in [2.05, 4.69) is 49.9 Å². The Morgan fingerprint density at radius 2 is 1.93 bits per heavy atom. The smallest absolute Gasteiger partial charge is 0.339 e. The van der Waals surface area contributed by atoms with Crippen molar-refractivity contribution in [2.75, 3.05) is 14.2 Å². The number of rotatable bonds is 2. The Hall–Kier alpha value is -0.0500. The van der Waals surface area contributed by atoms with Gasteiger partial charge in [-0.2, -0.15) is 0 Å². The highest BCUT2D eigenvalue weighted by Gasteiger charge is 2.14. The molecule has 0 aliphatic carbocycles. The molecule has 0 heterocycles. The molecule has 0 fully saturated rings. The van der Waals surface area contributed by atoms with Crippen LogP contribution in [0.15, 0.2) is 12.1 Å². The predicted molar refractivity (Wildman–Crippen MR) is 69.8 cm³/mol. The molecular weight excluding hydrogens is 410 g/mol. The Kier molecular flexibility index (Phi) is 4.42. The zero-order valence-corrected chi connectivity index (χ0v) is 12.0. The molecule has 0 bridgehead atoms. The second kappa shape index (κ2) is 5.15. The van der Waals surface area contributed by atoms with E-state index >= 15 is 0 Å². The summed E-state index contributed by atoms with van der Waals surface area (Å²) < 4.78 is 11.6. The first kappa shape index (κ1) is 12.0. The lowest BCUT2D eigenvalue weighted by molar-refractivity contribution is 0.0599. The van der Waals surface area contributed by atoms with Crippen molar-refractivity contribution in [1.29, 1.82) is 0 Å². The molecule has 0 aromatic heterocycles. The van der Waals surface area contributed by atoms with E-state index in [1.165, 1.54) is 7.11 Å². The van der Waals surface area contributed by atoms with Crippen LogP contribution in [0.3, 0.4) is 0 Å². The largest absolute Gasteiger partial charge is 0.497 e. The molecule has 1 aromatic rings. The Morgan fingerprint density at radius 3 is 2.43 bits per heavy atom. The van der Waals surface area contributed by atoms with Crippen LogP contribution in [0.1, 0.15) is 10.4 Å². The number of carbonyl (C=O) groups is 1. The average molecular weight is 418 g/mol. The Balaban J connectivity index is 3.27. The standard InChI is InChI=1S/C9H8I2O3/c1-13-5-3-6(9(12)14-2)8(11)7(10)4-5/h3-4H,1-2H3. The summed E-state index contributed by atoms with van der Waals surface area (Å²) in [6.45, 7) is 0. The zero-order valence-electron chi connectivity index (χ0n) is 7.64. The minimum atomic E-state index is -0.341. The van der Waals surface area contributed by atoms with Gasteiger partial charge in [-0.25, -0.2) is 4.79 Å². The third kappa shape index (κ3) is 2.50. The molecule has 0 amide bonds. The Morgan fingerprint density at radius 1 is 1.29 bits per heavy atom. The van der Waals surface area contributed by atoms with Gasteiger partial charge in [0.2, 0.25) is 0 Å². The Labute approximate surface area is 109 Å². The van der Waals surface area contributed by atoms with E-state index in [0.717, 1.165) is 7.14 Å². The predicted octanol–water partition coefficient (Wildman–Crippen LogP) is 2.69. The van der Waals surface area contributed by atoms with Crippen LogP contribution in [-0.4, -0.2) is 20.2 Å². The van der Waals surface area contributed by atoms with E-state index in [1.807, 2.05) is 6.07 Å². The van der Waals surface area contributed by atoms with Crippen LogP contribution < -0.4 is 4.74 Å². The number of hydrogen-bond donors (Lipinski definition) is 0. The fourth-order valence-corrected chi connectivity index (χ4v) is 2.07. The van der Waals surface area contributed by atoms with Crippen LogP contribution in [-0.2, 0) is 4.74 Å². The molecule has 0 radical (unpaired) electrons. The van der Waals surface area contributed by atoms with Crippen LogP contribution >= 0.6 is 45.2 Å². The molecule has 0 spiro atoms. The molecule has 0 saturated carbocycles. The van der Waals surface area contributed by atoms with Crippen molar-refractivity contribution in [3.05, 3.63) is 24.8 Å². The number of hydrogen-bond acceptors (Lipinski definition) is 3. The summed E-state index contributed by atoms with van der Waals surface area (Å²) in [5.41, 5.74) is 0.539.